The lowest BCUT2D eigenvalue weighted by molar-refractivity contribution is 0.0692. The highest BCUT2D eigenvalue weighted by molar-refractivity contribution is 7.15. The number of hydrogen-bond donors (Lipinski definition) is 1. The largest absolute Gasteiger partial charge is 0.476 e. The van der Waals surface area contributed by atoms with Gasteiger partial charge in [-0.25, -0.2) is 9.78 Å². The molecule has 0 amide bonds. The van der Waals surface area contributed by atoms with Crippen molar-refractivity contribution in [3.8, 4) is 10.4 Å². The number of benzene rings is 1. The number of carboxylic acid groups (broad SMARTS) is 1. The van der Waals surface area contributed by atoms with Crippen LogP contribution in [0, 0.1) is 5.92 Å². The van der Waals surface area contributed by atoms with Gasteiger partial charge in [-0.1, -0.05) is 43.7 Å². The molecule has 2 aromatic rings. The number of nitrogens with zero attached hydrogens (tertiary/aromatic N) is 1. The molecule has 1 saturated carbocycles. The molecular formula is C16H17NO2S. The van der Waals surface area contributed by atoms with Crippen LogP contribution in [0.2, 0.25) is 0 Å². The van der Waals surface area contributed by atoms with Gasteiger partial charge in [0.05, 0.1) is 9.88 Å². The fraction of sp³-hybridized carbons (Fsp3) is 0.375. The monoisotopic (exact) mass is 287 g/mol. The van der Waals surface area contributed by atoms with Crippen molar-refractivity contribution in [3.05, 3.63) is 41.0 Å². The predicted molar refractivity (Wildman–Crippen MR) is 80.3 cm³/mol. The predicted octanol–water partition coefficient (Wildman–Crippen LogP) is 4.41. The first-order chi connectivity index (χ1) is 9.65. The molecule has 0 saturated heterocycles. The maximum atomic E-state index is 11.4. The first-order valence-corrected chi connectivity index (χ1v) is 7.76. The smallest absolute Gasteiger partial charge is 0.356 e. The fourth-order valence-corrected chi connectivity index (χ4v) is 4.08. The molecule has 3 nitrogen and oxygen atoms in total. The van der Waals surface area contributed by atoms with Crippen LogP contribution in [0.25, 0.3) is 10.4 Å². The summed E-state index contributed by atoms with van der Waals surface area (Å²) in [6.45, 7) is 2.25. The average molecular weight is 287 g/mol. The van der Waals surface area contributed by atoms with Gasteiger partial charge in [0.25, 0.3) is 0 Å². The van der Waals surface area contributed by atoms with Gasteiger partial charge in [-0.3, -0.25) is 0 Å². The van der Waals surface area contributed by atoms with Crippen molar-refractivity contribution in [1.82, 2.24) is 4.98 Å². The number of aromatic nitrogens is 1. The molecule has 0 bridgehead atoms. The highest BCUT2D eigenvalue weighted by Gasteiger charge is 2.28. The minimum Gasteiger partial charge on any atom is -0.476 e. The Kier molecular flexibility index (Phi) is 3.57. The number of aromatic carboxylic acids is 1. The molecule has 2 atom stereocenters. The average Bonchev–Trinajstić information content (AvgIpc) is 3.05. The van der Waals surface area contributed by atoms with Gasteiger partial charge in [-0.05, 0) is 24.3 Å². The van der Waals surface area contributed by atoms with E-state index in [0.29, 0.717) is 5.92 Å². The number of hydrogen-bond acceptors (Lipinski definition) is 3. The standard InChI is InChI=1S/C16H17NO2S/c1-10-7-8-12(9-10)15-17-13(16(18)19)14(20-15)11-5-3-2-4-6-11/h2-6,10,12H,7-9H2,1H3,(H,18,19). The second kappa shape index (κ2) is 5.37. The zero-order valence-electron chi connectivity index (χ0n) is 11.4. The second-order valence-corrected chi connectivity index (χ2v) is 6.55. The molecule has 1 aromatic carbocycles. The third-order valence-electron chi connectivity index (χ3n) is 3.93. The Labute approximate surface area is 122 Å². The molecule has 1 aliphatic carbocycles. The van der Waals surface area contributed by atoms with Crippen LogP contribution < -0.4 is 0 Å². The topological polar surface area (TPSA) is 50.2 Å². The van der Waals surface area contributed by atoms with E-state index in [1.165, 1.54) is 6.42 Å². The van der Waals surface area contributed by atoms with Crippen LogP contribution in [0.5, 0.6) is 0 Å². The maximum Gasteiger partial charge on any atom is 0.356 e. The van der Waals surface area contributed by atoms with Crippen molar-refractivity contribution in [2.24, 2.45) is 5.92 Å². The quantitative estimate of drug-likeness (QED) is 0.909. The Morgan fingerprint density at radius 2 is 2.05 bits per heavy atom. The van der Waals surface area contributed by atoms with Crippen LogP contribution in [0.1, 0.15) is 47.6 Å². The molecule has 20 heavy (non-hydrogen) atoms. The van der Waals surface area contributed by atoms with E-state index in [1.54, 1.807) is 11.3 Å². The Morgan fingerprint density at radius 1 is 1.30 bits per heavy atom. The Balaban J connectivity index is 2.01. The maximum absolute atomic E-state index is 11.4. The molecule has 1 heterocycles. The summed E-state index contributed by atoms with van der Waals surface area (Å²) in [5.74, 6) is 0.223. The van der Waals surface area contributed by atoms with E-state index >= 15 is 0 Å². The van der Waals surface area contributed by atoms with E-state index in [2.05, 4.69) is 11.9 Å². The van der Waals surface area contributed by atoms with Gasteiger partial charge in [0.15, 0.2) is 5.69 Å². The molecule has 1 N–H and O–H groups in total. The fourth-order valence-electron chi connectivity index (χ4n) is 2.87. The van der Waals surface area contributed by atoms with E-state index in [-0.39, 0.29) is 5.69 Å². The van der Waals surface area contributed by atoms with E-state index in [9.17, 15) is 9.90 Å². The summed E-state index contributed by atoms with van der Waals surface area (Å²) in [4.78, 5) is 16.6. The molecule has 1 aliphatic rings. The third kappa shape index (κ3) is 2.48. The van der Waals surface area contributed by atoms with Gasteiger partial charge in [0.1, 0.15) is 0 Å². The molecule has 3 rings (SSSR count). The normalized spacial score (nSPS) is 22.1. The number of carbonyl (C=O) groups is 1. The zero-order chi connectivity index (χ0) is 14.1. The van der Waals surface area contributed by atoms with Crippen LogP contribution in [-0.4, -0.2) is 16.1 Å². The lowest BCUT2D eigenvalue weighted by Gasteiger charge is -2.03. The Hall–Kier alpha value is -1.68. The van der Waals surface area contributed by atoms with Gasteiger partial charge in [-0.15, -0.1) is 11.3 Å². The van der Waals surface area contributed by atoms with E-state index in [0.717, 1.165) is 34.2 Å². The number of thiazole rings is 1. The van der Waals surface area contributed by atoms with Crippen LogP contribution in [0.3, 0.4) is 0 Å². The Morgan fingerprint density at radius 3 is 2.65 bits per heavy atom. The summed E-state index contributed by atoms with van der Waals surface area (Å²) in [5, 5.41) is 10.4. The van der Waals surface area contributed by atoms with Crippen molar-refractivity contribution < 1.29 is 9.90 Å². The molecule has 0 radical (unpaired) electrons. The molecule has 4 heteroatoms. The number of carboxylic acids is 1. The van der Waals surface area contributed by atoms with Crippen LogP contribution in [-0.2, 0) is 0 Å². The molecule has 1 aromatic heterocycles. The number of rotatable bonds is 3. The van der Waals surface area contributed by atoms with E-state index < -0.39 is 5.97 Å². The van der Waals surface area contributed by atoms with Crippen LogP contribution >= 0.6 is 11.3 Å². The summed E-state index contributed by atoms with van der Waals surface area (Å²) >= 11 is 1.55. The summed E-state index contributed by atoms with van der Waals surface area (Å²) in [7, 11) is 0. The Bertz CT molecular complexity index is 621. The molecule has 0 aliphatic heterocycles. The first-order valence-electron chi connectivity index (χ1n) is 6.94. The highest BCUT2D eigenvalue weighted by Crippen LogP contribution is 2.42. The SMILES string of the molecule is CC1CCC(c2nc(C(=O)O)c(-c3ccccc3)s2)C1. The minimum atomic E-state index is -0.933. The molecule has 104 valence electrons. The van der Waals surface area contributed by atoms with Crippen molar-refractivity contribution in [2.45, 2.75) is 32.1 Å². The van der Waals surface area contributed by atoms with Gasteiger partial charge < -0.3 is 5.11 Å². The van der Waals surface area contributed by atoms with Crippen molar-refractivity contribution >= 4 is 17.3 Å². The van der Waals surface area contributed by atoms with Gasteiger partial charge in [-0.2, -0.15) is 0 Å². The summed E-state index contributed by atoms with van der Waals surface area (Å²) < 4.78 is 0. The van der Waals surface area contributed by atoms with Gasteiger partial charge in [0, 0.05) is 5.92 Å². The summed E-state index contributed by atoms with van der Waals surface area (Å²) in [6.07, 6.45) is 3.47. The van der Waals surface area contributed by atoms with Crippen LogP contribution in [0.4, 0.5) is 0 Å². The van der Waals surface area contributed by atoms with Crippen molar-refractivity contribution in [3.63, 3.8) is 0 Å². The van der Waals surface area contributed by atoms with Crippen molar-refractivity contribution in [1.29, 1.82) is 0 Å². The highest BCUT2D eigenvalue weighted by atomic mass is 32.1. The first kappa shape index (κ1) is 13.3. The minimum absolute atomic E-state index is 0.204. The van der Waals surface area contributed by atoms with E-state index in [1.807, 2.05) is 30.3 Å². The molecule has 1 fully saturated rings. The summed E-state index contributed by atoms with van der Waals surface area (Å²) in [6, 6.07) is 9.68. The molecule has 2 unspecified atom stereocenters. The lowest BCUT2D eigenvalue weighted by atomic mass is 10.1. The van der Waals surface area contributed by atoms with Crippen molar-refractivity contribution in [2.75, 3.05) is 0 Å². The van der Waals surface area contributed by atoms with Crippen LogP contribution in [0.15, 0.2) is 30.3 Å². The summed E-state index contributed by atoms with van der Waals surface area (Å²) in [5.41, 5.74) is 1.15. The van der Waals surface area contributed by atoms with Gasteiger partial charge in [0.2, 0.25) is 0 Å². The third-order valence-corrected chi connectivity index (χ3v) is 5.19. The zero-order valence-corrected chi connectivity index (χ0v) is 12.2. The lowest BCUT2D eigenvalue weighted by Crippen LogP contribution is -2.00. The molecule has 0 spiro atoms. The second-order valence-electron chi connectivity index (χ2n) is 5.52. The molecular weight excluding hydrogens is 270 g/mol. The van der Waals surface area contributed by atoms with E-state index in [4.69, 9.17) is 0 Å². The van der Waals surface area contributed by atoms with Gasteiger partial charge >= 0.3 is 5.97 Å².